The molecule has 1 unspecified atom stereocenters. The highest BCUT2D eigenvalue weighted by atomic mass is 79.9. The van der Waals surface area contributed by atoms with Gasteiger partial charge >= 0.3 is 0 Å². The van der Waals surface area contributed by atoms with Crippen LogP contribution in [0.5, 0.6) is 5.75 Å². The van der Waals surface area contributed by atoms with Gasteiger partial charge in [-0.15, -0.1) is 0 Å². The Morgan fingerprint density at radius 1 is 1.21 bits per heavy atom. The van der Waals surface area contributed by atoms with Crippen molar-refractivity contribution in [1.29, 1.82) is 0 Å². The molecule has 3 rings (SSSR count). The summed E-state index contributed by atoms with van der Waals surface area (Å²) in [6.45, 7) is 3.89. The Hall–Kier alpha value is -1.35. The number of fused-ring (bicyclic) bond motifs is 1. The molecule has 0 amide bonds. The highest BCUT2D eigenvalue weighted by molar-refractivity contribution is 9.10. The Labute approximate surface area is 120 Å². The van der Waals surface area contributed by atoms with Gasteiger partial charge < -0.3 is 4.74 Å². The van der Waals surface area contributed by atoms with Gasteiger partial charge in [-0.2, -0.15) is 0 Å². The molecular formula is C16H15BrO2. The fourth-order valence-electron chi connectivity index (χ4n) is 2.38. The quantitative estimate of drug-likeness (QED) is 0.823. The molecule has 0 aromatic heterocycles. The van der Waals surface area contributed by atoms with Crippen molar-refractivity contribution in [2.45, 2.75) is 26.4 Å². The standard InChI is InChI=1S/C16H15BrO2/c1-16(2)13(18)9-14(16)19-12-8-7-10-5-3-4-6-11(10)15(12)17/h3-8,14H,9H2,1-2H3. The molecule has 1 fully saturated rings. The molecule has 1 atom stereocenters. The molecule has 0 saturated heterocycles. The minimum atomic E-state index is -0.370. The summed E-state index contributed by atoms with van der Waals surface area (Å²) in [6.07, 6.45) is 0.476. The molecule has 2 aromatic carbocycles. The van der Waals surface area contributed by atoms with Gasteiger partial charge in [0.1, 0.15) is 17.6 Å². The normalized spacial score (nSPS) is 21.2. The van der Waals surface area contributed by atoms with Crippen LogP contribution in [0.3, 0.4) is 0 Å². The molecule has 19 heavy (non-hydrogen) atoms. The number of ketones is 1. The third-order valence-corrected chi connectivity index (χ3v) is 4.81. The van der Waals surface area contributed by atoms with Gasteiger partial charge in [0.15, 0.2) is 0 Å². The SMILES string of the molecule is CC1(C)C(=O)CC1Oc1ccc2ccccc2c1Br. The van der Waals surface area contributed by atoms with E-state index in [2.05, 4.69) is 28.1 Å². The van der Waals surface area contributed by atoms with Gasteiger partial charge in [0.25, 0.3) is 0 Å². The van der Waals surface area contributed by atoms with Gasteiger partial charge in [-0.05, 0) is 46.6 Å². The monoisotopic (exact) mass is 318 g/mol. The predicted molar refractivity (Wildman–Crippen MR) is 79.5 cm³/mol. The lowest BCUT2D eigenvalue weighted by molar-refractivity contribution is -0.148. The van der Waals surface area contributed by atoms with Crippen LogP contribution in [0.2, 0.25) is 0 Å². The van der Waals surface area contributed by atoms with Crippen molar-refractivity contribution < 1.29 is 9.53 Å². The van der Waals surface area contributed by atoms with Crippen LogP contribution in [0, 0.1) is 5.41 Å². The van der Waals surface area contributed by atoms with Crippen LogP contribution in [-0.2, 0) is 4.79 Å². The maximum atomic E-state index is 11.6. The van der Waals surface area contributed by atoms with Gasteiger partial charge in [0.05, 0.1) is 9.89 Å². The largest absolute Gasteiger partial charge is 0.488 e. The molecule has 0 N–H and O–H groups in total. The van der Waals surface area contributed by atoms with Crippen LogP contribution in [0.25, 0.3) is 10.8 Å². The lowest BCUT2D eigenvalue weighted by Crippen LogP contribution is -2.53. The molecule has 98 valence electrons. The molecule has 0 aliphatic heterocycles. The topological polar surface area (TPSA) is 26.3 Å². The van der Waals surface area contributed by atoms with Crippen LogP contribution in [0.15, 0.2) is 40.9 Å². The lowest BCUT2D eigenvalue weighted by atomic mass is 9.68. The van der Waals surface area contributed by atoms with Crippen LogP contribution in [0.4, 0.5) is 0 Å². The van der Waals surface area contributed by atoms with Crippen molar-refractivity contribution in [2.24, 2.45) is 5.41 Å². The Bertz CT molecular complexity index is 661. The van der Waals surface area contributed by atoms with E-state index in [0.717, 1.165) is 15.6 Å². The van der Waals surface area contributed by atoms with E-state index in [9.17, 15) is 4.79 Å². The zero-order chi connectivity index (χ0) is 13.6. The first-order valence-corrected chi connectivity index (χ1v) is 7.16. The van der Waals surface area contributed by atoms with E-state index in [1.54, 1.807) is 0 Å². The van der Waals surface area contributed by atoms with E-state index >= 15 is 0 Å². The molecule has 1 saturated carbocycles. The average molecular weight is 319 g/mol. The first kappa shape index (κ1) is 12.7. The maximum Gasteiger partial charge on any atom is 0.145 e. The van der Waals surface area contributed by atoms with Crippen molar-refractivity contribution in [2.75, 3.05) is 0 Å². The fraction of sp³-hybridized carbons (Fsp3) is 0.312. The Morgan fingerprint density at radius 2 is 1.95 bits per heavy atom. The second-order valence-electron chi connectivity index (χ2n) is 5.55. The molecule has 2 nitrogen and oxygen atoms in total. The van der Waals surface area contributed by atoms with Crippen LogP contribution >= 0.6 is 15.9 Å². The predicted octanol–water partition coefficient (Wildman–Crippen LogP) is 4.35. The zero-order valence-electron chi connectivity index (χ0n) is 10.9. The third-order valence-electron chi connectivity index (χ3n) is 3.99. The first-order valence-electron chi connectivity index (χ1n) is 6.37. The molecule has 0 bridgehead atoms. The van der Waals surface area contributed by atoms with E-state index < -0.39 is 0 Å². The van der Waals surface area contributed by atoms with E-state index in [-0.39, 0.29) is 17.3 Å². The Balaban J connectivity index is 1.94. The van der Waals surface area contributed by atoms with E-state index in [1.807, 2.05) is 38.1 Å². The van der Waals surface area contributed by atoms with Crippen LogP contribution in [0.1, 0.15) is 20.3 Å². The van der Waals surface area contributed by atoms with Crippen LogP contribution < -0.4 is 4.74 Å². The first-order chi connectivity index (χ1) is 9.00. The Morgan fingerprint density at radius 3 is 2.63 bits per heavy atom. The van der Waals surface area contributed by atoms with Crippen LogP contribution in [-0.4, -0.2) is 11.9 Å². The summed E-state index contributed by atoms with van der Waals surface area (Å²) in [5.74, 6) is 1.08. The molecule has 1 aliphatic rings. The van der Waals surface area contributed by atoms with Gasteiger partial charge in [-0.3, -0.25) is 4.79 Å². The summed E-state index contributed by atoms with van der Waals surface area (Å²) < 4.78 is 6.97. The van der Waals surface area contributed by atoms with Crippen molar-refractivity contribution in [3.05, 3.63) is 40.9 Å². The Kier molecular flexibility index (Phi) is 2.90. The number of halogens is 1. The number of benzene rings is 2. The van der Waals surface area contributed by atoms with Gasteiger partial charge in [-0.1, -0.05) is 30.3 Å². The number of hydrogen-bond acceptors (Lipinski definition) is 2. The van der Waals surface area contributed by atoms with Crippen molar-refractivity contribution in [3.8, 4) is 5.75 Å². The fourth-order valence-corrected chi connectivity index (χ4v) is 2.97. The summed E-state index contributed by atoms with van der Waals surface area (Å²) in [5.41, 5.74) is -0.370. The third kappa shape index (κ3) is 1.96. The maximum absolute atomic E-state index is 11.6. The smallest absolute Gasteiger partial charge is 0.145 e. The second-order valence-corrected chi connectivity index (χ2v) is 6.35. The van der Waals surface area contributed by atoms with Crippen molar-refractivity contribution in [1.82, 2.24) is 0 Å². The van der Waals surface area contributed by atoms with Crippen molar-refractivity contribution >= 4 is 32.5 Å². The number of carbonyl (C=O) groups is 1. The molecule has 2 aromatic rings. The minimum Gasteiger partial charge on any atom is -0.488 e. The molecule has 3 heteroatoms. The van der Waals surface area contributed by atoms with E-state index in [0.29, 0.717) is 6.42 Å². The summed E-state index contributed by atoms with van der Waals surface area (Å²) in [7, 11) is 0. The number of rotatable bonds is 2. The highest BCUT2D eigenvalue weighted by Crippen LogP contribution is 2.42. The van der Waals surface area contributed by atoms with E-state index in [4.69, 9.17) is 4.74 Å². The number of carbonyl (C=O) groups excluding carboxylic acids is 1. The summed E-state index contributed by atoms with van der Waals surface area (Å²) in [4.78, 5) is 11.6. The molecular weight excluding hydrogens is 304 g/mol. The zero-order valence-corrected chi connectivity index (χ0v) is 12.5. The van der Waals surface area contributed by atoms with Gasteiger partial charge in [0, 0.05) is 6.42 Å². The minimum absolute atomic E-state index is 0.0301. The summed E-state index contributed by atoms with van der Waals surface area (Å²) in [6, 6.07) is 12.2. The number of hydrogen-bond donors (Lipinski definition) is 0. The van der Waals surface area contributed by atoms with Gasteiger partial charge in [-0.25, -0.2) is 0 Å². The molecule has 1 aliphatic carbocycles. The molecule has 0 radical (unpaired) electrons. The second kappa shape index (κ2) is 4.34. The lowest BCUT2D eigenvalue weighted by Gasteiger charge is -2.42. The summed E-state index contributed by atoms with van der Waals surface area (Å²) >= 11 is 3.61. The average Bonchev–Trinajstić information content (AvgIpc) is 2.41. The number of Topliss-reactive ketones (excluding diaryl/α,β-unsaturated/α-hetero) is 1. The molecule has 0 spiro atoms. The molecule has 0 heterocycles. The number of ether oxygens (including phenoxy) is 1. The van der Waals surface area contributed by atoms with Gasteiger partial charge in [0.2, 0.25) is 0 Å². The highest BCUT2D eigenvalue weighted by Gasteiger charge is 2.49. The summed E-state index contributed by atoms with van der Waals surface area (Å²) in [5, 5.41) is 2.30. The van der Waals surface area contributed by atoms with E-state index in [1.165, 1.54) is 5.39 Å². The van der Waals surface area contributed by atoms with Crippen molar-refractivity contribution in [3.63, 3.8) is 0 Å².